The average Bonchev–Trinajstić information content (AvgIpc) is 3.22. The molecule has 156 valence electrons. The number of hydrogen-bond acceptors (Lipinski definition) is 4. The van der Waals surface area contributed by atoms with E-state index in [1.165, 1.54) is 0 Å². The summed E-state index contributed by atoms with van der Waals surface area (Å²) < 4.78 is 2.21. The van der Waals surface area contributed by atoms with Crippen molar-refractivity contribution < 1.29 is 4.79 Å². The van der Waals surface area contributed by atoms with Gasteiger partial charge in [0.15, 0.2) is 0 Å². The molecule has 0 saturated carbocycles. The highest BCUT2D eigenvalue weighted by Gasteiger charge is 2.19. The number of halogens is 1. The highest BCUT2D eigenvalue weighted by Crippen LogP contribution is 2.17. The van der Waals surface area contributed by atoms with Gasteiger partial charge in [-0.3, -0.25) is 14.6 Å². The second-order valence-electron chi connectivity index (χ2n) is 7.49. The number of nitrogens with one attached hydrogen (secondary N) is 1. The summed E-state index contributed by atoms with van der Waals surface area (Å²) in [4.78, 5) is 21.5. The van der Waals surface area contributed by atoms with Gasteiger partial charge in [0.2, 0.25) is 5.91 Å². The van der Waals surface area contributed by atoms with Crippen LogP contribution < -0.4 is 5.32 Å². The molecule has 6 nitrogen and oxygen atoms in total. The SMILES string of the molecule is O=C(CN1CCN(CCn2ccnc2-c2ccccc2)CC1)Nc1cccc(Cl)c1. The van der Waals surface area contributed by atoms with Gasteiger partial charge in [-0.25, -0.2) is 4.98 Å². The molecule has 7 heteroatoms. The molecule has 1 aliphatic rings. The van der Waals surface area contributed by atoms with E-state index in [0.717, 1.165) is 56.3 Å². The summed E-state index contributed by atoms with van der Waals surface area (Å²) in [5.74, 6) is 1.00. The lowest BCUT2D eigenvalue weighted by atomic mass is 10.2. The third kappa shape index (κ3) is 5.48. The van der Waals surface area contributed by atoms with Crippen molar-refractivity contribution in [2.24, 2.45) is 0 Å². The van der Waals surface area contributed by atoms with E-state index in [2.05, 4.69) is 36.8 Å². The zero-order valence-electron chi connectivity index (χ0n) is 16.9. The number of amides is 1. The minimum Gasteiger partial charge on any atom is -0.330 e. The summed E-state index contributed by atoms with van der Waals surface area (Å²) in [5, 5.41) is 3.54. The Labute approximate surface area is 182 Å². The number of aromatic nitrogens is 2. The van der Waals surface area contributed by atoms with Crippen molar-refractivity contribution in [3.8, 4) is 11.4 Å². The molecule has 0 atom stereocenters. The van der Waals surface area contributed by atoms with Gasteiger partial charge in [-0.15, -0.1) is 0 Å². The molecule has 2 heterocycles. The van der Waals surface area contributed by atoms with Crippen LogP contribution in [0.1, 0.15) is 0 Å². The zero-order chi connectivity index (χ0) is 20.8. The lowest BCUT2D eigenvalue weighted by molar-refractivity contribution is -0.117. The first-order chi connectivity index (χ1) is 14.7. The van der Waals surface area contributed by atoms with Gasteiger partial charge in [0, 0.05) is 67.9 Å². The number of nitrogens with zero attached hydrogens (tertiary/aromatic N) is 4. The van der Waals surface area contributed by atoms with Crippen LogP contribution in [0.4, 0.5) is 5.69 Å². The van der Waals surface area contributed by atoms with E-state index in [4.69, 9.17) is 11.6 Å². The van der Waals surface area contributed by atoms with Gasteiger partial charge in [0.05, 0.1) is 6.54 Å². The quantitative estimate of drug-likeness (QED) is 0.632. The average molecular weight is 424 g/mol. The predicted octanol–water partition coefficient (Wildman–Crippen LogP) is 3.46. The Morgan fingerprint density at radius 1 is 0.967 bits per heavy atom. The number of piperazine rings is 1. The molecule has 4 rings (SSSR count). The van der Waals surface area contributed by atoms with E-state index < -0.39 is 0 Å². The van der Waals surface area contributed by atoms with Crippen molar-refractivity contribution >= 4 is 23.2 Å². The lowest BCUT2D eigenvalue weighted by Crippen LogP contribution is -2.49. The first-order valence-electron chi connectivity index (χ1n) is 10.2. The number of carbonyl (C=O) groups excluding carboxylic acids is 1. The summed E-state index contributed by atoms with van der Waals surface area (Å²) in [6.07, 6.45) is 3.90. The summed E-state index contributed by atoms with van der Waals surface area (Å²) in [5.41, 5.74) is 1.87. The molecule has 1 saturated heterocycles. The minimum atomic E-state index is -0.00312. The van der Waals surface area contributed by atoms with E-state index in [1.807, 2.05) is 42.7 Å². The Balaban J connectivity index is 1.22. The van der Waals surface area contributed by atoms with Gasteiger partial charge in [-0.2, -0.15) is 0 Å². The molecule has 1 amide bonds. The maximum absolute atomic E-state index is 12.3. The molecule has 0 radical (unpaired) electrons. The van der Waals surface area contributed by atoms with Crippen molar-refractivity contribution in [1.29, 1.82) is 0 Å². The maximum Gasteiger partial charge on any atom is 0.238 e. The van der Waals surface area contributed by atoms with Crippen molar-refractivity contribution in [2.45, 2.75) is 6.54 Å². The highest BCUT2D eigenvalue weighted by atomic mass is 35.5. The molecule has 1 N–H and O–H groups in total. The summed E-state index contributed by atoms with van der Waals surface area (Å²) in [7, 11) is 0. The fraction of sp³-hybridized carbons (Fsp3) is 0.304. The zero-order valence-corrected chi connectivity index (χ0v) is 17.6. The van der Waals surface area contributed by atoms with Crippen LogP contribution in [-0.2, 0) is 11.3 Å². The fourth-order valence-corrected chi connectivity index (χ4v) is 3.92. The first kappa shape index (κ1) is 20.6. The van der Waals surface area contributed by atoms with Crippen LogP contribution in [-0.4, -0.2) is 64.5 Å². The van der Waals surface area contributed by atoms with Gasteiger partial charge in [-0.1, -0.05) is 48.0 Å². The Hall–Kier alpha value is -2.67. The Bertz CT molecular complexity index is 966. The van der Waals surface area contributed by atoms with Crippen molar-refractivity contribution in [1.82, 2.24) is 19.4 Å². The van der Waals surface area contributed by atoms with Crippen LogP contribution in [0.5, 0.6) is 0 Å². The van der Waals surface area contributed by atoms with E-state index in [1.54, 1.807) is 12.1 Å². The molecular formula is C23H26ClN5O. The highest BCUT2D eigenvalue weighted by molar-refractivity contribution is 6.30. The van der Waals surface area contributed by atoms with Gasteiger partial charge in [0.1, 0.15) is 5.82 Å². The van der Waals surface area contributed by atoms with Crippen LogP contribution in [0.3, 0.4) is 0 Å². The third-order valence-corrected chi connectivity index (χ3v) is 5.58. The Kier molecular flexibility index (Phi) is 6.79. The van der Waals surface area contributed by atoms with Crippen LogP contribution in [0.2, 0.25) is 5.02 Å². The predicted molar refractivity (Wildman–Crippen MR) is 121 cm³/mol. The second-order valence-corrected chi connectivity index (χ2v) is 7.92. The van der Waals surface area contributed by atoms with Crippen LogP contribution in [0, 0.1) is 0 Å². The van der Waals surface area contributed by atoms with Crippen LogP contribution in [0.15, 0.2) is 67.0 Å². The molecule has 0 unspecified atom stereocenters. The van der Waals surface area contributed by atoms with Gasteiger partial charge >= 0.3 is 0 Å². The van der Waals surface area contributed by atoms with E-state index in [9.17, 15) is 4.79 Å². The molecule has 0 aliphatic carbocycles. The summed E-state index contributed by atoms with van der Waals surface area (Å²) in [6.45, 7) is 5.97. The second kappa shape index (κ2) is 9.89. The van der Waals surface area contributed by atoms with Crippen LogP contribution in [0.25, 0.3) is 11.4 Å². The van der Waals surface area contributed by atoms with Crippen molar-refractivity contribution in [3.05, 3.63) is 72.0 Å². The van der Waals surface area contributed by atoms with Crippen LogP contribution >= 0.6 is 11.6 Å². The molecular weight excluding hydrogens is 398 g/mol. The monoisotopic (exact) mass is 423 g/mol. The van der Waals surface area contributed by atoms with Gasteiger partial charge < -0.3 is 9.88 Å². The first-order valence-corrected chi connectivity index (χ1v) is 10.6. The van der Waals surface area contributed by atoms with E-state index >= 15 is 0 Å². The normalized spacial score (nSPS) is 15.2. The molecule has 2 aromatic carbocycles. The standard InChI is InChI=1S/C23H26ClN5O/c24-20-7-4-8-21(17-20)26-22(30)18-28-13-11-27(12-14-28)15-16-29-10-9-25-23(29)19-5-2-1-3-6-19/h1-10,17H,11-16,18H2,(H,26,30). The topological polar surface area (TPSA) is 53.4 Å². The lowest BCUT2D eigenvalue weighted by Gasteiger charge is -2.34. The maximum atomic E-state index is 12.3. The molecule has 3 aromatic rings. The van der Waals surface area contributed by atoms with Crippen molar-refractivity contribution in [2.75, 3.05) is 44.6 Å². The summed E-state index contributed by atoms with van der Waals surface area (Å²) in [6, 6.07) is 17.5. The molecule has 1 aliphatic heterocycles. The number of carbonyl (C=O) groups is 1. The van der Waals surface area contributed by atoms with E-state index in [-0.39, 0.29) is 5.91 Å². The third-order valence-electron chi connectivity index (χ3n) is 5.35. The van der Waals surface area contributed by atoms with Gasteiger partial charge in [0.25, 0.3) is 0 Å². The molecule has 0 bridgehead atoms. The summed E-state index contributed by atoms with van der Waals surface area (Å²) >= 11 is 5.97. The molecule has 1 aromatic heterocycles. The minimum absolute atomic E-state index is 0.00312. The fourth-order valence-electron chi connectivity index (χ4n) is 3.73. The Morgan fingerprint density at radius 3 is 2.50 bits per heavy atom. The van der Waals surface area contributed by atoms with Crippen molar-refractivity contribution in [3.63, 3.8) is 0 Å². The Morgan fingerprint density at radius 2 is 1.73 bits per heavy atom. The molecule has 30 heavy (non-hydrogen) atoms. The largest absolute Gasteiger partial charge is 0.330 e. The number of hydrogen-bond donors (Lipinski definition) is 1. The number of imidazole rings is 1. The number of anilines is 1. The smallest absolute Gasteiger partial charge is 0.238 e. The van der Waals surface area contributed by atoms with E-state index in [0.29, 0.717) is 11.6 Å². The molecule has 1 fully saturated rings. The number of benzene rings is 2. The number of rotatable bonds is 7. The van der Waals surface area contributed by atoms with Gasteiger partial charge in [-0.05, 0) is 18.2 Å². The molecule has 0 spiro atoms.